The number of amides is 1. The van der Waals surface area contributed by atoms with E-state index in [9.17, 15) is 14.7 Å². The molecule has 1 amide bonds. The highest BCUT2D eigenvalue weighted by Gasteiger charge is 2.40. The van der Waals surface area contributed by atoms with E-state index >= 15 is 0 Å². The largest absolute Gasteiger partial charge is 0.481 e. The van der Waals surface area contributed by atoms with E-state index in [-0.39, 0.29) is 19.1 Å². The number of hydrogen-bond donors (Lipinski definition) is 2. The van der Waals surface area contributed by atoms with Crippen LogP contribution in [0.5, 0.6) is 0 Å². The van der Waals surface area contributed by atoms with Crippen LogP contribution in [0.3, 0.4) is 0 Å². The number of carboxylic acid groups (broad SMARTS) is 1. The predicted octanol–water partition coefficient (Wildman–Crippen LogP) is 0.0785. The molecule has 1 saturated heterocycles. The van der Waals surface area contributed by atoms with Crippen LogP contribution in [-0.4, -0.2) is 67.4 Å². The van der Waals surface area contributed by atoms with Gasteiger partial charge in [0, 0.05) is 20.3 Å². The van der Waals surface area contributed by atoms with Gasteiger partial charge in [0.2, 0.25) is 5.91 Å². The molecule has 1 aliphatic heterocycles. The summed E-state index contributed by atoms with van der Waals surface area (Å²) >= 11 is 0. The molecule has 7 nitrogen and oxygen atoms in total. The fourth-order valence-corrected chi connectivity index (χ4v) is 2.55. The Hall–Kier alpha value is -1.18. The number of nitrogens with zero attached hydrogens (tertiary/aromatic N) is 1. The van der Waals surface area contributed by atoms with E-state index in [4.69, 9.17) is 15.2 Å². The number of methoxy groups -OCH3 is 1. The number of rotatable bonds is 9. The van der Waals surface area contributed by atoms with Crippen LogP contribution in [0.25, 0.3) is 0 Å². The van der Waals surface area contributed by atoms with E-state index < -0.39 is 24.0 Å². The Morgan fingerprint density at radius 1 is 1.48 bits per heavy atom. The summed E-state index contributed by atoms with van der Waals surface area (Å²) in [6, 6.07) is -1.05. The molecule has 0 spiro atoms. The molecule has 0 bridgehead atoms. The normalized spacial score (nSPS) is 23.0. The molecule has 0 aliphatic carbocycles. The highest BCUT2D eigenvalue weighted by molar-refractivity contribution is 5.83. The molecule has 1 aliphatic rings. The van der Waals surface area contributed by atoms with Gasteiger partial charge in [0.05, 0.1) is 25.3 Å². The summed E-state index contributed by atoms with van der Waals surface area (Å²) in [5.41, 5.74) is 5.94. The van der Waals surface area contributed by atoms with Crippen molar-refractivity contribution in [2.45, 2.75) is 38.3 Å². The van der Waals surface area contributed by atoms with Crippen LogP contribution < -0.4 is 5.73 Å². The van der Waals surface area contributed by atoms with Gasteiger partial charge in [0.1, 0.15) is 5.92 Å². The van der Waals surface area contributed by atoms with Crippen molar-refractivity contribution < 1.29 is 24.2 Å². The summed E-state index contributed by atoms with van der Waals surface area (Å²) in [5, 5.41) is 9.23. The number of hydrogen-bond acceptors (Lipinski definition) is 5. The highest BCUT2D eigenvalue weighted by Crippen LogP contribution is 2.21. The molecule has 1 heterocycles. The zero-order valence-electron chi connectivity index (χ0n) is 12.8. The average molecular weight is 302 g/mol. The van der Waals surface area contributed by atoms with E-state index in [0.717, 1.165) is 6.42 Å². The van der Waals surface area contributed by atoms with Gasteiger partial charge >= 0.3 is 5.97 Å². The summed E-state index contributed by atoms with van der Waals surface area (Å²) in [5.74, 6) is -1.80. The molecule has 0 saturated carbocycles. The molecule has 1 fully saturated rings. The predicted molar refractivity (Wildman–Crippen MR) is 76.8 cm³/mol. The van der Waals surface area contributed by atoms with Crippen molar-refractivity contribution in [3.05, 3.63) is 0 Å². The number of ether oxygens (including phenoxy) is 2. The number of carbonyl (C=O) groups excluding carboxylic acids is 1. The van der Waals surface area contributed by atoms with Gasteiger partial charge in [0.25, 0.3) is 0 Å². The van der Waals surface area contributed by atoms with E-state index in [1.165, 1.54) is 0 Å². The second kappa shape index (κ2) is 8.96. The molecule has 0 aromatic carbocycles. The first kappa shape index (κ1) is 17.9. The van der Waals surface area contributed by atoms with Crippen molar-refractivity contribution in [3.8, 4) is 0 Å². The molecule has 21 heavy (non-hydrogen) atoms. The van der Waals surface area contributed by atoms with Crippen LogP contribution in [0, 0.1) is 5.92 Å². The molecule has 0 aromatic rings. The molecule has 1 rings (SSSR count). The Morgan fingerprint density at radius 2 is 2.19 bits per heavy atom. The Balaban J connectivity index is 2.70. The van der Waals surface area contributed by atoms with Crippen molar-refractivity contribution >= 4 is 11.9 Å². The lowest BCUT2D eigenvalue weighted by molar-refractivity contribution is -0.145. The van der Waals surface area contributed by atoms with Gasteiger partial charge in [-0.05, 0) is 19.3 Å². The van der Waals surface area contributed by atoms with Gasteiger partial charge in [-0.25, -0.2) is 0 Å². The Kier molecular flexibility index (Phi) is 7.63. The summed E-state index contributed by atoms with van der Waals surface area (Å²) < 4.78 is 10.2. The van der Waals surface area contributed by atoms with E-state index in [0.29, 0.717) is 26.0 Å². The molecule has 7 heteroatoms. The third-order valence-corrected chi connectivity index (χ3v) is 3.70. The van der Waals surface area contributed by atoms with Gasteiger partial charge < -0.3 is 25.2 Å². The summed E-state index contributed by atoms with van der Waals surface area (Å²) in [6.07, 6.45) is 1.98. The van der Waals surface area contributed by atoms with Gasteiger partial charge in [-0.2, -0.15) is 0 Å². The highest BCUT2D eigenvalue weighted by atomic mass is 16.5. The van der Waals surface area contributed by atoms with Crippen LogP contribution in [0.1, 0.15) is 26.2 Å². The standard InChI is InChI=1S/C14H26N2O5/c1-3-6-16(12-9-21-8-10(12)14(18)19)13(17)11(15)5-4-7-20-2/h10-12H,3-9,15H2,1-2H3,(H,18,19). The number of aliphatic carboxylic acids is 1. The SMILES string of the molecule is CCCN(C(=O)C(N)CCCOC)C1COCC1C(=O)O. The third kappa shape index (κ3) is 4.94. The van der Waals surface area contributed by atoms with Crippen molar-refractivity contribution in [1.29, 1.82) is 0 Å². The lowest BCUT2D eigenvalue weighted by Crippen LogP contribution is -2.52. The molecule has 0 aromatic heterocycles. The topological polar surface area (TPSA) is 102 Å². The maximum Gasteiger partial charge on any atom is 0.311 e. The number of nitrogens with two attached hydrogens (primary N) is 1. The number of carbonyl (C=O) groups is 2. The minimum absolute atomic E-state index is 0.145. The molecule has 122 valence electrons. The number of carboxylic acids is 1. The molecular formula is C14H26N2O5. The van der Waals surface area contributed by atoms with Crippen LogP contribution in [0.2, 0.25) is 0 Å². The minimum Gasteiger partial charge on any atom is -0.481 e. The fraction of sp³-hybridized carbons (Fsp3) is 0.857. The molecule has 0 radical (unpaired) electrons. The lowest BCUT2D eigenvalue weighted by atomic mass is 10.0. The quantitative estimate of drug-likeness (QED) is 0.585. The van der Waals surface area contributed by atoms with Crippen molar-refractivity contribution in [1.82, 2.24) is 4.90 Å². The first-order valence-corrected chi connectivity index (χ1v) is 7.38. The maximum atomic E-state index is 12.5. The monoisotopic (exact) mass is 302 g/mol. The van der Waals surface area contributed by atoms with E-state index in [1.54, 1.807) is 12.0 Å². The second-order valence-corrected chi connectivity index (χ2v) is 5.32. The van der Waals surface area contributed by atoms with Gasteiger partial charge in [-0.3, -0.25) is 9.59 Å². The minimum atomic E-state index is -0.931. The van der Waals surface area contributed by atoms with Crippen molar-refractivity contribution in [3.63, 3.8) is 0 Å². The first-order valence-electron chi connectivity index (χ1n) is 7.38. The van der Waals surface area contributed by atoms with E-state index in [1.807, 2.05) is 6.92 Å². The van der Waals surface area contributed by atoms with Gasteiger partial charge in [0.15, 0.2) is 0 Å². The summed E-state index contributed by atoms with van der Waals surface area (Å²) in [7, 11) is 1.60. The fourth-order valence-electron chi connectivity index (χ4n) is 2.55. The van der Waals surface area contributed by atoms with Crippen LogP contribution in [0.15, 0.2) is 0 Å². The zero-order chi connectivity index (χ0) is 15.8. The van der Waals surface area contributed by atoms with Crippen LogP contribution >= 0.6 is 0 Å². The lowest BCUT2D eigenvalue weighted by Gasteiger charge is -2.32. The van der Waals surface area contributed by atoms with Crippen molar-refractivity contribution in [2.75, 3.05) is 33.5 Å². The molecular weight excluding hydrogens is 276 g/mol. The molecule has 3 N–H and O–H groups in total. The maximum absolute atomic E-state index is 12.5. The summed E-state index contributed by atoms with van der Waals surface area (Å²) in [4.78, 5) is 25.3. The van der Waals surface area contributed by atoms with Gasteiger partial charge in [-0.15, -0.1) is 0 Å². The molecule has 3 atom stereocenters. The Labute approximate surface area is 125 Å². The Morgan fingerprint density at radius 3 is 2.76 bits per heavy atom. The smallest absolute Gasteiger partial charge is 0.311 e. The molecule has 3 unspecified atom stereocenters. The Bertz CT molecular complexity index is 350. The summed E-state index contributed by atoms with van der Waals surface area (Å²) in [6.45, 7) is 3.40. The van der Waals surface area contributed by atoms with Crippen LogP contribution in [0.4, 0.5) is 0 Å². The average Bonchev–Trinajstić information content (AvgIpc) is 2.93. The third-order valence-electron chi connectivity index (χ3n) is 3.70. The van der Waals surface area contributed by atoms with Crippen LogP contribution in [-0.2, 0) is 19.1 Å². The zero-order valence-corrected chi connectivity index (χ0v) is 12.8. The van der Waals surface area contributed by atoms with Gasteiger partial charge in [-0.1, -0.05) is 6.92 Å². The second-order valence-electron chi connectivity index (χ2n) is 5.32. The van der Waals surface area contributed by atoms with E-state index in [2.05, 4.69) is 0 Å². The van der Waals surface area contributed by atoms with Crippen molar-refractivity contribution in [2.24, 2.45) is 11.7 Å². The first-order chi connectivity index (χ1) is 10.0.